The third kappa shape index (κ3) is 5.31. The summed E-state index contributed by atoms with van der Waals surface area (Å²) in [6.07, 6.45) is 3.04. The summed E-state index contributed by atoms with van der Waals surface area (Å²) in [7, 11) is 1.51. The second kappa shape index (κ2) is 9.65. The highest BCUT2D eigenvalue weighted by atomic mass is 35.5. The van der Waals surface area contributed by atoms with Crippen LogP contribution >= 0.6 is 22.9 Å². The molecule has 3 aromatic rings. The number of ether oxygens (including phenoxy) is 2. The third-order valence-electron chi connectivity index (χ3n) is 4.10. The van der Waals surface area contributed by atoms with Gasteiger partial charge in [-0.15, -0.1) is 11.3 Å². The predicted molar refractivity (Wildman–Crippen MR) is 121 cm³/mol. The highest BCUT2D eigenvalue weighted by Crippen LogP contribution is 2.36. The van der Waals surface area contributed by atoms with Crippen molar-refractivity contribution in [3.8, 4) is 11.5 Å². The number of hydrogen-bond acceptors (Lipinski definition) is 5. The van der Waals surface area contributed by atoms with Crippen molar-refractivity contribution in [2.45, 2.75) is 13.8 Å². The van der Waals surface area contributed by atoms with Gasteiger partial charge in [-0.25, -0.2) is 0 Å². The van der Waals surface area contributed by atoms with E-state index < -0.39 is 0 Å². The first-order valence-corrected chi connectivity index (χ1v) is 10.4. The molecule has 0 saturated carbocycles. The van der Waals surface area contributed by atoms with E-state index in [9.17, 15) is 9.59 Å². The summed E-state index contributed by atoms with van der Waals surface area (Å²) in [5.74, 6) is 0.613. The van der Waals surface area contributed by atoms with Crippen LogP contribution in [0, 0.1) is 6.92 Å². The van der Waals surface area contributed by atoms with Gasteiger partial charge < -0.3 is 19.8 Å². The smallest absolute Gasteiger partial charge is 0.266 e. The Morgan fingerprint density at radius 2 is 2.00 bits per heavy atom. The molecule has 8 heteroatoms. The Labute approximate surface area is 182 Å². The molecule has 1 amide bonds. The maximum Gasteiger partial charge on any atom is 0.266 e. The highest BCUT2D eigenvalue weighted by molar-refractivity contribution is 7.07. The molecule has 6 nitrogen and oxygen atoms in total. The van der Waals surface area contributed by atoms with Gasteiger partial charge >= 0.3 is 0 Å². The van der Waals surface area contributed by atoms with Crippen LogP contribution in [-0.4, -0.2) is 24.6 Å². The Balaban J connectivity index is 1.91. The van der Waals surface area contributed by atoms with Crippen LogP contribution in [0.5, 0.6) is 11.5 Å². The first-order valence-electron chi connectivity index (χ1n) is 9.20. The lowest BCUT2D eigenvalue weighted by Gasteiger charge is -2.11. The molecule has 0 unspecified atom stereocenters. The van der Waals surface area contributed by atoms with Crippen LogP contribution < -0.4 is 29.5 Å². The van der Waals surface area contributed by atoms with Crippen LogP contribution in [0.4, 0.5) is 5.69 Å². The van der Waals surface area contributed by atoms with Crippen LogP contribution in [0.3, 0.4) is 0 Å². The summed E-state index contributed by atoms with van der Waals surface area (Å²) in [5, 5.41) is 3.15. The van der Waals surface area contributed by atoms with Crippen molar-refractivity contribution < 1.29 is 14.3 Å². The summed E-state index contributed by atoms with van der Waals surface area (Å²) in [6.45, 7) is 4.28. The normalized spacial score (nSPS) is 12.1. The van der Waals surface area contributed by atoms with Crippen molar-refractivity contribution in [2.24, 2.45) is 0 Å². The number of methoxy groups -OCH3 is 1. The lowest BCUT2D eigenvalue weighted by molar-refractivity contribution is -0.110. The van der Waals surface area contributed by atoms with Gasteiger partial charge in [-0.05, 0) is 49.8 Å². The van der Waals surface area contributed by atoms with Crippen molar-refractivity contribution in [1.82, 2.24) is 4.98 Å². The van der Waals surface area contributed by atoms with Gasteiger partial charge in [0.2, 0.25) is 0 Å². The van der Waals surface area contributed by atoms with Gasteiger partial charge in [-0.3, -0.25) is 9.59 Å². The lowest BCUT2D eigenvalue weighted by atomic mass is 10.2. The topological polar surface area (TPSA) is 80.4 Å². The van der Waals surface area contributed by atoms with E-state index in [0.29, 0.717) is 43.6 Å². The van der Waals surface area contributed by atoms with E-state index in [1.54, 1.807) is 18.2 Å². The number of aromatic amines is 1. The van der Waals surface area contributed by atoms with Crippen LogP contribution in [0.2, 0.25) is 5.02 Å². The van der Waals surface area contributed by atoms with Gasteiger partial charge in [-0.1, -0.05) is 29.3 Å². The van der Waals surface area contributed by atoms with E-state index in [1.807, 2.05) is 38.1 Å². The fraction of sp³-hybridized carbons (Fsp3) is 0.182. The number of H-pyrrole nitrogens is 1. The zero-order valence-electron chi connectivity index (χ0n) is 16.7. The number of rotatable bonds is 6. The summed E-state index contributed by atoms with van der Waals surface area (Å²) >= 11 is 7.45. The van der Waals surface area contributed by atoms with Gasteiger partial charge in [0, 0.05) is 11.8 Å². The molecule has 0 aliphatic rings. The van der Waals surface area contributed by atoms with Crippen molar-refractivity contribution in [2.75, 3.05) is 19.0 Å². The van der Waals surface area contributed by atoms with Crippen molar-refractivity contribution >= 4 is 46.7 Å². The van der Waals surface area contributed by atoms with Gasteiger partial charge in [0.25, 0.3) is 11.5 Å². The molecule has 0 radical (unpaired) electrons. The molecule has 3 rings (SSSR count). The number of nitrogens with one attached hydrogen (secondary N) is 2. The molecule has 0 bridgehead atoms. The van der Waals surface area contributed by atoms with Gasteiger partial charge in [0.15, 0.2) is 11.5 Å². The van der Waals surface area contributed by atoms with E-state index in [2.05, 4.69) is 10.3 Å². The summed E-state index contributed by atoms with van der Waals surface area (Å²) < 4.78 is 11.7. The molecule has 0 aliphatic carbocycles. The Morgan fingerprint density at radius 1 is 1.27 bits per heavy atom. The predicted octanol–water partition coefficient (Wildman–Crippen LogP) is 3.05. The largest absolute Gasteiger partial charge is 0.491 e. The van der Waals surface area contributed by atoms with Crippen molar-refractivity contribution in [1.29, 1.82) is 0 Å². The maximum atomic E-state index is 12.3. The van der Waals surface area contributed by atoms with Crippen LogP contribution in [0.25, 0.3) is 12.2 Å². The number of anilines is 1. The average molecular weight is 445 g/mol. The summed E-state index contributed by atoms with van der Waals surface area (Å²) in [4.78, 5) is 27.3. The molecule has 30 heavy (non-hydrogen) atoms. The second-order valence-corrected chi connectivity index (χ2v) is 7.89. The van der Waals surface area contributed by atoms with E-state index in [4.69, 9.17) is 21.1 Å². The maximum absolute atomic E-state index is 12.3. The average Bonchev–Trinajstić information content (AvgIpc) is 3.02. The van der Waals surface area contributed by atoms with Crippen molar-refractivity contribution in [3.05, 3.63) is 72.1 Å². The number of hydrogen-bond donors (Lipinski definition) is 2. The van der Waals surface area contributed by atoms with Crippen LogP contribution in [-0.2, 0) is 4.79 Å². The molecule has 0 aliphatic heterocycles. The number of carbonyl (C=O) groups is 1. The van der Waals surface area contributed by atoms with E-state index in [0.717, 1.165) is 5.56 Å². The molecule has 156 valence electrons. The lowest BCUT2D eigenvalue weighted by Crippen LogP contribution is -2.20. The Kier molecular flexibility index (Phi) is 6.97. The molecular weight excluding hydrogens is 424 g/mol. The Hall–Kier alpha value is -3.03. The number of aryl methyl sites for hydroxylation is 1. The molecule has 1 aromatic heterocycles. The quantitative estimate of drug-likeness (QED) is 0.612. The zero-order valence-corrected chi connectivity index (χ0v) is 18.3. The standard InChI is InChI=1S/C22H21ClN2O4S/c1-4-29-17-10-14(9-16(23)21(17)28-3)11-18-22(27)25-20(30-18)12-19(26)24-15-7-5-13(2)6-8-15/h5-12H,4H2,1-3H3,(H,24,26)(H,25,27)/b18-11+,20-12-. The van der Waals surface area contributed by atoms with Gasteiger partial charge in [0.1, 0.15) is 4.66 Å². The highest BCUT2D eigenvalue weighted by Gasteiger charge is 2.11. The fourth-order valence-electron chi connectivity index (χ4n) is 2.74. The monoisotopic (exact) mass is 444 g/mol. The molecule has 1 heterocycles. The third-order valence-corrected chi connectivity index (χ3v) is 5.34. The van der Waals surface area contributed by atoms with Crippen LogP contribution in [0.15, 0.2) is 41.2 Å². The van der Waals surface area contributed by atoms with E-state index >= 15 is 0 Å². The molecular formula is C22H21ClN2O4S. The minimum atomic E-state index is -0.325. The van der Waals surface area contributed by atoms with Crippen molar-refractivity contribution in [3.63, 3.8) is 0 Å². The number of thiazole rings is 1. The number of benzene rings is 2. The molecule has 2 aromatic carbocycles. The van der Waals surface area contributed by atoms with Crippen LogP contribution in [0.1, 0.15) is 18.1 Å². The molecule has 0 fully saturated rings. The first kappa shape index (κ1) is 21.7. The minimum Gasteiger partial charge on any atom is -0.491 e. The minimum absolute atomic E-state index is 0.292. The van der Waals surface area contributed by atoms with E-state index in [-0.39, 0.29) is 11.5 Å². The van der Waals surface area contributed by atoms with E-state index in [1.165, 1.54) is 24.5 Å². The van der Waals surface area contributed by atoms with Gasteiger partial charge in [0.05, 0.1) is 23.3 Å². The number of amides is 1. The SMILES string of the molecule is CCOc1cc(/C=c2/s/c(=C\C(=O)Nc3ccc(C)cc3)[nH]c2=O)cc(Cl)c1OC. The number of aromatic nitrogens is 1. The first-order chi connectivity index (χ1) is 14.4. The Morgan fingerprint density at radius 3 is 2.67 bits per heavy atom. The zero-order chi connectivity index (χ0) is 21.7. The summed E-state index contributed by atoms with van der Waals surface area (Å²) in [6, 6.07) is 10.9. The second-order valence-electron chi connectivity index (χ2n) is 6.40. The molecule has 0 atom stereocenters. The molecule has 0 spiro atoms. The number of carbonyl (C=O) groups excluding carboxylic acids is 1. The fourth-order valence-corrected chi connectivity index (χ4v) is 3.92. The summed E-state index contributed by atoms with van der Waals surface area (Å²) in [5.41, 5.74) is 2.18. The molecule has 2 N–H and O–H groups in total. The number of halogens is 1. The molecule has 0 saturated heterocycles. The van der Waals surface area contributed by atoms with Gasteiger partial charge in [-0.2, -0.15) is 0 Å². The Bertz CT molecular complexity index is 1230.